The van der Waals surface area contributed by atoms with Crippen LogP contribution in [-0.2, 0) is 17.0 Å². The summed E-state index contributed by atoms with van der Waals surface area (Å²) in [5.41, 5.74) is 2.91. The molecule has 1 unspecified atom stereocenters. The van der Waals surface area contributed by atoms with Gasteiger partial charge in [0, 0.05) is 10.8 Å². The molecular weight excluding hydrogens is 345 g/mol. The Kier molecular flexibility index (Phi) is 7.13. The minimum atomic E-state index is -0.334. The van der Waals surface area contributed by atoms with E-state index in [1.807, 2.05) is 19.1 Å². The minimum Gasteiger partial charge on any atom is -0.349 e. The van der Waals surface area contributed by atoms with Gasteiger partial charge >= 0.3 is 0 Å². The molecule has 2 nitrogen and oxygen atoms in total. The van der Waals surface area contributed by atoms with Crippen LogP contribution >= 0.6 is 23.4 Å². The second kappa shape index (κ2) is 9.09. The van der Waals surface area contributed by atoms with E-state index in [0.29, 0.717) is 22.1 Å². The summed E-state index contributed by atoms with van der Waals surface area (Å²) in [7, 11) is 0. The number of halogens is 2. The summed E-state index contributed by atoms with van der Waals surface area (Å²) in [6.07, 6.45) is 0.999. The number of carbonyl (C=O) groups is 1. The van der Waals surface area contributed by atoms with E-state index < -0.39 is 0 Å². The van der Waals surface area contributed by atoms with Crippen molar-refractivity contribution in [2.24, 2.45) is 0 Å². The number of thioether (sulfide) groups is 1. The second-order valence-electron chi connectivity index (χ2n) is 5.61. The molecule has 0 aliphatic carbocycles. The molecule has 24 heavy (non-hydrogen) atoms. The van der Waals surface area contributed by atoms with Gasteiger partial charge < -0.3 is 5.32 Å². The average Bonchev–Trinajstić information content (AvgIpc) is 2.57. The van der Waals surface area contributed by atoms with Crippen molar-refractivity contribution in [3.63, 3.8) is 0 Å². The molecule has 2 aromatic rings. The van der Waals surface area contributed by atoms with Crippen LogP contribution in [0.4, 0.5) is 4.39 Å². The average molecular weight is 366 g/mol. The van der Waals surface area contributed by atoms with Gasteiger partial charge in [-0.3, -0.25) is 4.79 Å². The zero-order chi connectivity index (χ0) is 17.5. The first-order valence-electron chi connectivity index (χ1n) is 7.89. The van der Waals surface area contributed by atoms with E-state index in [2.05, 4.69) is 24.4 Å². The molecule has 5 heteroatoms. The second-order valence-corrected chi connectivity index (χ2v) is 7.03. The molecule has 2 rings (SSSR count). The van der Waals surface area contributed by atoms with E-state index in [-0.39, 0.29) is 17.8 Å². The normalized spacial score (nSPS) is 12.0. The molecule has 0 bridgehead atoms. The van der Waals surface area contributed by atoms with E-state index in [1.54, 1.807) is 12.1 Å². The Hall–Kier alpha value is -1.52. The van der Waals surface area contributed by atoms with E-state index >= 15 is 0 Å². The molecule has 0 aliphatic rings. The van der Waals surface area contributed by atoms with Crippen molar-refractivity contribution in [1.82, 2.24) is 5.32 Å². The van der Waals surface area contributed by atoms with E-state index in [4.69, 9.17) is 11.6 Å². The van der Waals surface area contributed by atoms with E-state index in [1.165, 1.54) is 23.4 Å². The van der Waals surface area contributed by atoms with Gasteiger partial charge in [0.1, 0.15) is 5.82 Å². The summed E-state index contributed by atoms with van der Waals surface area (Å²) >= 11 is 7.11. The van der Waals surface area contributed by atoms with Crippen molar-refractivity contribution < 1.29 is 9.18 Å². The fourth-order valence-electron chi connectivity index (χ4n) is 2.30. The third-order valence-electron chi connectivity index (χ3n) is 3.77. The summed E-state index contributed by atoms with van der Waals surface area (Å²) in [4.78, 5) is 12.0. The van der Waals surface area contributed by atoms with E-state index in [0.717, 1.165) is 12.0 Å². The molecule has 1 atom stereocenters. The third-order valence-corrected chi connectivity index (χ3v) is 4.99. The minimum absolute atomic E-state index is 0.0451. The molecule has 0 aliphatic heterocycles. The molecule has 2 aromatic carbocycles. The Bertz CT molecular complexity index is 690. The monoisotopic (exact) mass is 365 g/mol. The lowest BCUT2D eigenvalue weighted by Gasteiger charge is -2.14. The molecule has 0 heterocycles. The zero-order valence-electron chi connectivity index (χ0n) is 13.8. The highest BCUT2D eigenvalue weighted by atomic mass is 35.5. The van der Waals surface area contributed by atoms with Gasteiger partial charge in [-0.2, -0.15) is 0 Å². The van der Waals surface area contributed by atoms with Crippen LogP contribution < -0.4 is 5.32 Å². The van der Waals surface area contributed by atoms with Crippen LogP contribution in [0.5, 0.6) is 0 Å². The number of rotatable bonds is 7. The number of carbonyl (C=O) groups excluding carboxylic acids is 1. The lowest BCUT2D eigenvalue weighted by Crippen LogP contribution is -2.28. The lowest BCUT2D eigenvalue weighted by molar-refractivity contribution is -0.119. The van der Waals surface area contributed by atoms with Gasteiger partial charge in [-0.1, -0.05) is 48.9 Å². The van der Waals surface area contributed by atoms with Crippen LogP contribution in [0.3, 0.4) is 0 Å². The number of hydrogen-bond donors (Lipinski definition) is 1. The fourth-order valence-corrected chi connectivity index (χ4v) is 3.28. The molecule has 0 fully saturated rings. The third kappa shape index (κ3) is 5.53. The van der Waals surface area contributed by atoms with Gasteiger partial charge in [0.2, 0.25) is 5.91 Å². The first-order valence-corrected chi connectivity index (χ1v) is 9.42. The fraction of sp³-hybridized carbons (Fsp3) is 0.316. The highest BCUT2D eigenvalue weighted by Crippen LogP contribution is 2.20. The van der Waals surface area contributed by atoms with Gasteiger partial charge in [0.15, 0.2) is 0 Å². The molecule has 1 N–H and O–H groups in total. The lowest BCUT2D eigenvalue weighted by atomic mass is 10.1. The molecule has 1 amide bonds. The number of hydrogen-bond acceptors (Lipinski definition) is 2. The van der Waals surface area contributed by atoms with Gasteiger partial charge in [0.05, 0.1) is 11.8 Å². The first-order chi connectivity index (χ1) is 11.5. The van der Waals surface area contributed by atoms with E-state index in [9.17, 15) is 9.18 Å². The quantitative estimate of drug-likeness (QED) is 0.734. The smallest absolute Gasteiger partial charge is 0.230 e. The summed E-state index contributed by atoms with van der Waals surface area (Å²) in [5.74, 6) is 0.344. The Morgan fingerprint density at radius 1 is 1.25 bits per heavy atom. The Labute approximate surface area is 151 Å². The SMILES string of the molecule is CCc1ccc(C(C)NC(=O)CSCc2ccc(Cl)cc2F)cc1. The van der Waals surface area contributed by atoms with Crippen molar-refractivity contribution in [2.45, 2.75) is 32.1 Å². The molecule has 0 aromatic heterocycles. The number of amides is 1. The van der Waals surface area contributed by atoms with Crippen molar-refractivity contribution in [1.29, 1.82) is 0 Å². The van der Waals surface area contributed by atoms with Crippen molar-refractivity contribution in [2.75, 3.05) is 5.75 Å². The summed E-state index contributed by atoms with van der Waals surface area (Å²) in [6, 6.07) is 12.8. The predicted octanol–water partition coefficient (Wildman–Crippen LogP) is 5.15. The Balaban J connectivity index is 1.79. The van der Waals surface area contributed by atoms with Crippen LogP contribution in [0.1, 0.15) is 36.6 Å². The zero-order valence-corrected chi connectivity index (χ0v) is 15.4. The molecular formula is C19H21ClFNOS. The summed E-state index contributed by atoms with van der Waals surface area (Å²) in [5, 5.41) is 3.35. The van der Waals surface area contributed by atoms with Crippen LogP contribution in [0.15, 0.2) is 42.5 Å². The molecule has 0 spiro atoms. The molecule has 128 valence electrons. The van der Waals surface area contributed by atoms with Gasteiger partial charge in [0.25, 0.3) is 0 Å². The topological polar surface area (TPSA) is 29.1 Å². The largest absolute Gasteiger partial charge is 0.349 e. The Morgan fingerprint density at radius 2 is 1.96 bits per heavy atom. The van der Waals surface area contributed by atoms with Crippen molar-refractivity contribution in [3.8, 4) is 0 Å². The van der Waals surface area contributed by atoms with Crippen LogP contribution in [0.25, 0.3) is 0 Å². The summed E-state index contributed by atoms with van der Waals surface area (Å²) in [6.45, 7) is 4.07. The van der Waals surface area contributed by atoms with Crippen LogP contribution in [-0.4, -0.2) is 11.7 Å². The predicted molar refractivity (Wildman–Crippen MR) is 99.9 cm³/mol. The molecule has 0 radical (unpaired) electrons. The van der Waals surface area contributed by atoms with Gasteiger partial charge in [-0.15, -0.1) is 11.8 Å². The Morgan fingerprint density at radius 3 is 2.58 bits per heavy atom. The highest BCUT2D eigenvalue weighted by molar-refractivity contribution is 7.99. The standard InChI is InChI=1S/C19H21ClFNOS/c1-3-14-4-6-15(7-5-14)13(2)22-19(23)12-24-11-16-8-9-17(20)10-18(16)21/h4-10,13H,3,11-12H2,1-2H3,(H,22,23). The van der Waals surface area contributed by atoms with Crippen molar-refractivity contribution in [3.05, 3.63) is 70.0 Å². The van der Waals surface area contributed by atoms with Crippen LogP contribution in [0.2, 0.25) is 5.02 Å². The highest BCUT2D eigenvalue weighted by Gasteiger charge is 2.10. The maximum Gasteiger partial charge on any atom is 0.230 e. The van der Waals surface area contributed by atoms with Crippen molar-refractivity contribution >= 4 is 29.3 Å². The maximum absolute atomic E-state index is 13.7. The van der Waals surface area contributed by atoms with Gasteiger partial charge in [-0.25, -0.2) is 4.39 Å². The van der Waals surface area contributed by atoms with Crippen LogP contribution in [0, 0.1) is 5.82 Å². The molecule has 0 saturated carbocycles. The molecule has 0 saturated heterocycles. The maximum atomic E-state index is 13.7. The number of aryl methyl sites for hydroxylation is 1. The van der Waals surface area contributed by atoms with Gasteiger partial charge in [-0.05, 0) is 42.2 Å². The summed E-state index contributed by atoms with van der Waals surface area (Å²) < 4.78 is 13.7. The first kappa shape index (κ1) is 18.8. The number of nitrogens with one attached hydrogen (secondary N) is 1. The number of benzene rings is 2.